The zero-order chi connectivity index (χ0) is 22.0. The molecule has 1 unspecified atom stereocenters. The van der Waals surface area contributed by atoms with E-state index in [0.717, 1.165) is 39.8 Å². The number of fused-ring (bicyclic) bond motifs is 1. The fraction of sp³-hybridized carbons (Fsp3) is 0.375. The van der Waals surface area contributed by atoms with E-state index in [2.05, 4.69) is 0 Å². The number of para-hydroxylation sites is 3. The summed E-state index contributed by atoms with van der Waals surface area (Å²) in [6, 6.07) is 13.5. The Morgan fingerprint density at radius 1 is 1.16 bits per heavy atom. The van der Waals surface area contributed by atoms with E-state index in [9.17, 15) is 9.59 Å². The fourth-order valence-corrected chi connectivity index (χ4v) is 4.85. The van der Waals surface area contributed by atoms with Crippen LogP contribution in [-0.2, 0) is 9.59 Å². The van der Waals surface area contributed by atoms with E-state index >= 15 is 0 Å². The number of rotatable bonds is 4. The fourth-order valence-electron chi connectivity index (χ4n) is 3.89. The Morgan fingerprint density at radius 3 is 2.68 bits per heavy atom. The number of nitrogens with zero attached hydrogens (tertiary/aromatic N) is 3. The number of anilines is 1. The number of aliphatic imine (C=N–C) groups is 1. The Bertz CT molecular complexity index is 1020. The predicted octanol–water partition coefficient (Wildman–Crippen LogP) is 4.46. The largest absolute Gasteiger partial charge is 0.479 e. The molecule has 2 heterocycles. The van der Waals surface area contributed by atoms with Crippen LogP contribution < -0.4 is 9.64 Å². The van der Waals surface area contributed by atoms with Gasteiger partial charge in [0.1, 0.15) is 5.75 Å². The lowest BCUT2D eigenvalue weighted by atomic mass is 10.1. The first-order valence-corrected chi connectivity index (χ1v) is 11.6. The zero-order valence-electron chi connectivity index (χ0n) is 18.1. The van der Waals surface area contributed by atoms with Crippen molar-refractivity contribution in [1.82, 2.24) is 4.90 Å². The highest BCUT2D eigenvalue weighted by atomic mass is 32.2. The van der Waals surface area contributed by atoms with Crippen molar-refractivity contribution >= 4 is 40.1 Å². The van der Waals surface area contributed by atoms with E-state index in [1.54, 1.807) is 28.5 Å². The van der Waals surface area contributed by atoms with Gasteiger partial charge >= 0.3 is 0 Å². The Morgan fingerprint density at radius 2 is 1.90 bits per heavy atom. The van der Waals surface area contributed by atoms with Crippen LogP contribution in [0.1, 0.15) is 30.9 Å². The summed E-state index contributed by atoms with van der Waals surface area (Å²) in [6.45, 7) is 6.78. The Kier molecular flexibility index (Phi) is 6.32. The SMILES string of the molecule is Cc1cccc(C)c1N=C1SCCCN1C(=O)CCN1C(=O)C(C)Oc2ccccc21. The molecule has 31 heavy (non-hydrogen) atoms. The van der Waals surface area contributed by atoms with Crippen molar-refractivity contribution in [2.75, 3.05) is 23.7 Å². The van der Waals surface area contributed by atoms with Crippen LogP contribution in [0.3, 0.4) is 0 Å². The first-order chi connectivity index (χ1) is 15.0. The molecule has 4 rings (SSSR count). The standard InChI is InChI=1S/C24H27N3O3S/c1-16-8-6-9-17(2)22(16)25-24-27(13-7-15-31-24)21(28)12-14-26-19-10-4-5-11-20(19)30-18(3)23(26)29/h4-6,8-11,18H,7,12-15H2,1-3H3. The third-order valence-electron chi connectivity index (χ3n) is 5.56. The van der Waals surface area contributed by atoms with Crippen molar-refractivity contribution in [2.24, 2.45) is 4.99 Å². The Hall–Kier alpha value is -2.80. The second-order valence-electron chi connectivity index (χ2n) is 7.85. The van der Waals surface area contributed by atoms with E-state index < -0.39 is 6.10 Å². The lowest BCUT2D eigenvalue weighted by molar-refractivity contribution is -0.127. The number of ether oxygens (including phenoxy) is 1. The summed E-state index contributed by atoms with van der Waals surface area (Å²) in [5.41, 5.74) is 3.83. The summed E-state index contributed by atoms with van der Waals surface area (Å²) < 4.78 is 5.69. The molecule has 2 aromatic rings. The number of hydrogen-bond acceptors (Lipinski definition) is 5. The van der Waals surface area contributed by atoms with E-state index in [0.29, 0.717) is 18.8 Å². The lowest BCUT2D eigenvalue weighted by Crippen LogP contribution is -2.47. The maximum absolute atomic E-state index is 13.2. The molecule has 2 aliphatic heterocycles. The Balaban J connectivity index is 1.52. The highest BCUT2D eigenvalue weighted by molar-refractivity contribution is 8.13. The summed E-state index contributed by atoms with van der Waals surface area (Å²) in [6.07, 6.45) is 0.606. The molecule has 2 aliphatic rings. The van der Waals surface area contributed by atoms with Gasteiger partial charge in [0, 0.05) is 25.3 Å². The topological polar surface area (TPSA) is 62.2 Å². The monoisotopic (exact) mass is 437 g/mol. The summed E-state index contributed by atoms with van der Waals surface area (Å²) in [4.78, 5) is 34.2. The molecule has 6 nitrogen and oxygen atoms in total. The first kappa shape index (κ1) is 21.4. The van der Waals surface area contributed by atoms with E-state index in [-0.39, 0.29) is 18.2 Å². The average molecular weight is 438 g/mol. The van der Waals surface area contributed by atoms with E-state index in [1.165, 1.54) is 0 Å². The smallest absolute Gasteiger partial charge is 0.267 e. The number of benzene rings is 2. The molecule has 1 atom stereocenters. The van der Waals surface area contributed by atoms with Crippen LogP contribution in [-0.4, -0.2) is 46.8 Å². The molecule has 2 aromatic carbocycles. The number of carbonyl (C=O) groups excluding carboxylic acids is 2. The van der Waals surface area contributed by atoms with Gasteiger partial charge < -0.3 is 9.64 Å². The van der Waals surface area contributed by atoms with Crippen LogP contribution in [0.2, 0.25) is 0 Å². The molecule has 0 spiro atoms. The van der Waals surface area contributed by atoms with Crippen LogP contribution in [0, 0.1) is 13.8 Å². The minimum atomic E-state index is -0.559. The molecule has 162 valence electrons. The molecular weight excluding hydrogens is 410 g/mol. The highest BCUT2D eigenvalue weighted by Crippen LogP contribution is 2.34. The van der Waals surface area contributed by atoms with Crippen LogP contribution in [0.4, 0.5) is 11.4 Å². The van der Waals surface area contributed by atoms with E-state index in [1.807, 2.05) is 56.3 Å². The van der Waals surface area contributed by atoms with Gasteiger partial charge in [-0.05, 0) is 50.5 Å². The quantitative estimate of drug-likeness (QED) is 0.709. The number of carbonyl (C=O) groups is 2. The minimum Gasteiger partial charge on any atom is -0.479 e. The van der Waals surface area contributed by atoms with Gasteiger partial charge in [-0.3, -0.25) is 14.5 Å². The van der Waals surface area contributed by atoms with Gasteiger partial charge in [0.15, 0.2) is 11.3 Å². The molecule has 7 heteroatoms. The molecule has 0 radical (unpaired) electrons. The first-order valence-electron chi connectivity index (χ1n) is 10.6. The van der Waals surface area contributed by atoms with Crippen LogP contribution in [0.25, 0.3) is 0 Å². The lowest BCUT2D eigenvalue weighted by Gasteiger charge is -2.34. The van der Waals surface area contributed by atoms with Gasteiger partial charge in [0.05, 0.1) is 11.4 Å². The number of amides is 2. The Labute approximate surface area is 187 Å². The number of hydrogen-bond donors (Lipinski definition) is 0. The van der Waals surface area contributed by atoms with Gasteiger partial charge in [-0.1, -0.05) is 42.1 Å². The van der Waals surface area contributed by atoms with Crippen LogP contribution >= 0.6 is 11.8 Å². The summed E-state index contributed by atoms with van der Waals surface area (Å²) >= 11 is 1.62. The number of aryl methyl sites for hydroxylation is 2. The third-order valence-corrected chi connectivity index (χ3v) is 6.62. The van der Waals surface area contributed by atoms with Crippen molar-refractivity contribution in [3.05, 3.63) is 53.6 Å². The maximum Gasteiger partial charge on any atom is 0.267 e. The van der Waals surface area contributed by atoms with Gasteiger partial charge in [-0.2, -0.15) is 0 Å². The maximum atomic E-state index is 13.2. The molecule has 1 saturated heterocycles. The number of thioether (sulfide) groups is 1. The third kappa shape index (κ3) is 4.46. The second kappa shape index (κ2) is 9.14. The minimum absolute atomic E-state index is 0.0124. The van der Waals surface area contributed by atoms with Crippen LogP contribution in [0.5, 0.6) is 5.75 Å². The molecular formula is C24H27N3O3S. The summed E-state index contributed by atoms with van der Waals surface area (Å²) in [5, 5.41) is 0.746. The second-order valence-corrected chi connectivity index (χ2v) is 8.91. The highest BCUT2D eigenvalue weighted by Gasteiger charge is 2.32. The summed E-state index contributed by atoms with van der Waals surface area (Å²) in [5.74, 6) is 1.49. The van der Waals surface area contributed by atoms with E-state index in [4.69, 9.17) is 9.73 Å². The summed E-state index contributed by atoms with van der Waals surface area (Å²) in [7, 11) is 0. The number of amidine groups is 1. The normalized spacial score (nSPS) is 19.9. The average Bonchev–Trinajstić information content (AvgIpc) is 2.77. The predicted molar refractivity (Wildman–Crippen MR) is 125 cm³/mol. The van der Waals surface area contributed by atoms with Crippen molar-refractivity contribution < 1.29 is 14.3 Å². The van der Waals surface area contributed by atoms with Gasteiger partial charge in [0.2, 0.25) is 5.91 Å². The van der Waals surface area contributed by atoms with Gasteiger partial charge in [0.25, 0.3) is 5.91 Å². The molecule has 1 fully saturated rings. The van der Waals surface area contributed by atoms with Crippen molar-refractivity contribution in [3.63, 3.8) is 0 Å². The molecule has 2 amide bonds. The molecule has 0 aromatic heterocycles. The van der Waals surface area contributed by atoms with Gasteiger partial charge in [-0.25, -0.2) is 4.99 Å². The molecule has 0 N–H and O–H groups in total. The van der Waals surface area contributed by atoms with Crippen LogP contribution in [0.15, 0.2) is 47.5 Å². The molecule has 0 saturated carbocycles. The molecule has 0 bridgehead atoms. The van der Waals surface area contributed by atoms with Gasteiger partial charge in [-0.15, -0.1) is 0 Å². The molecule has 0 aliphatic carbocycles. The van der Waals surface area contributed by atoms with Crippen molar-refractivity contribution in [1.29, 1.82) is 0 Å². The van der Waals surface area contributed by atoms with Crippen molar-refractivity contribution in [3.8, 4) is 5.75 Å². The van der Waals surface area contributed by atoms with Crippen molar-refractivity contribution in [2.45, 2.75) is 39.7 Å². The zero-order valence-corrected chi connectivity index (χ0v) is 18.9.